The maximum absolute atomic E-state index is 12.0. The van der Waals surface area contributed by atoms with E-state index in [1.54, 1.807) is 0 Å². The van der Waals surface area contributed by atoms with Gasteiger partial charge in [0.2, 0.25) is 0 Å². The molecule has 2 amide bonds. The molecule has 1 atom stereocenters. The average Bonchev–Trinajstić information content (AvgIpc) is 2.87. The lowest BCUT2D eigenvalue weighted by atomic mass is 10.2. The molecule has 0 bridgehead atoms. The number of hydrogen-bond donors (Lipinski definition) is 1. The molecule has 0 radical (unpaired) electrons. The van der Waals surface area contributed by atoms with Crippen LogP contribution in [-0.2, 0) is 0 Å². The zero-order chi connectivity index (χ0) is 9.97. The van der Waals surface area contributed by atoms with Crippen LogP contribution in [0.15, 0.2) is 0 Å². The Morgan fingerprint density at radius 1 is 1.21 bits per heavy atom. The normalized spacial score (nSPS) is 27.4. The van der Waals surface area contributed by atoms with Crippen LogP contribution in [0.3, 0.4) is 0 Å². The highest BCUT2D eigenvalue weighted by Crippen LogP contribution is 2.20. The molecule has 4 nitrogen and oxygen atoms in total. The molecule has 2 saturated heterocycles. The van der Waals surface area contributed by atoms with Gasteiger partial charge in [0, 0.05) is 19.6 Å². The van der Waals surface area contributed by atoms with E-state index in [0.29, 0.717) is 0 Å². The van der Waals surface area contributed by atoms with Crippen LogP contribution >= 0.6 is 0 Å². The van der Waals surface area contributed by atoms with Crippen LogP contribution in [0.1, 0.15) is 25.7 Å². The average molecular weight is 198 g/mol. The first-order chi connectivity index (χ1) is 6.83. The van der Waals surface area contributed by atoms with Crippen LogP contribution in [0.2, 0.25) is 0 Å². The quantitative estimate of drug-likeness (QED) is 0.672. The summed E-state index contributed by atoms with van der Waals surface area (Å²) in [5.41, 5.74) is 0. The lowest BCUT2D eigenvalue weighted by Gasteiger charge is -2.28. The van der Waals surface area contributed by atoms with E-state index in [9.17, 15) is 4.79 Å². The molecular formula is C10H18N2O2. The number of nitrogens with zero attached hydrogens (tertiary/aromatic N) is 2. The van der Waals surface area contributed by atoms with Crippen LogP contribution in [0.25, 0.3) is 0 Å². The van der Waals surface area contributed by atoms with Gasteiger partial charge < -0.3 is 14.9 Å². The molecular weight excluding hydrogens is 180 g/mol. The van der Waals surface area contributed by atoms with Crippen molar-refractivity contribution >= 4 is 6.03 Å². The van der Waals surface area contributed by atoms with Crippen LogP contribution in [-0.4, -0.2) is 53.2 Å². The number of hydrogen-bond acceptors (Lipinski definition) is 2. The first kappa shape index (κ1) is 9.77. The van der Waals surface area contributed by atoms with E-state index >= 15 is 0 Å². The zero-order valence-electron chi connectivity index (χ0n) is 8.48. The molecule has 0 aliphatic carbocycles. The number of carbonyl (C=O) groups is 1. The number of aliphatic hydroxyl groups excluding tert-OH is 1. The minimum absolute atomic E-state index is 0.0723. The highest BCUT2D eigenvalue weighted by Gasteiger charge is 2.31. The summed E-state index contributed by atoms with van der Waals surface area (Å²) in [6.07, 6.45) is 4.24. The van der Waals surface area contributed by atoms with Crippen molar-refractivity contribution in [3.63, 3.8) is 0 Å². The molecule has 14 heavy (non-hydrogen) atoms. The minimum atomic E-state index is 0.0723. The van der Waals surface area contributed by atoms with Crippen molar-refractivity contribution in [2.75, 3.05) is 26.2 Å². The highest BCUT2D eigenvalue weighted by molar-refractivity contribution is 5.75. The Balaban J connectivity index is 1.95. The third-order valence-corrected chi connectivity index (χ3v) is 3.21. The molecule has 0 spiro atoms. The van der Waals surface area contributed by atoms with Crippen molar-refractivity contribution in [2.24, 2.45) is 0 Å². The van der Waals surface area contributed by atoms with Crippen molar-refractivity contribution in [1.82, 2.24) is 9.80 Å². The standard InChI is InChI=1S/C10H18N2O2/c13-8-9-4-3-7-12(9)10(14)11-5-1-2-6-11/h9,13H,1-8H2/t9-/m0/s1. The summed E-state index contributed by atoms with van der Waals surface area (Å²) in [7, 11) is 0. The smallest absolute Gasteiger partial charge is 0.320 e. The van der Waals surface area contributed by atoms with E-state index in [0.717, 1.165) is 45.3 Å². The summed E-state index contributed by atoms with van der Waals surface area (Å²) in [6, 6.07) is 0.210. The second-order valence-corrected chi connectivity index (χ2v) is 4.15. The van der Waals surface area contributed by atoms with Gasteiger partial charge in [-0.15, -0.1) is 0 Å². The minimum Gasteiger partial charge on any atom is -0.394 e. The maximum Gasteiger partial charge on any atom is 0.320 e. The van der Waals surface area contributed by atoms with E-state index in [-0.39, 0.29) is 18.7 Å². The predicted molar refractivity (Wildman–Crippen MR) is 53.0 cm³/mol. The van der Waals surface area contributed by atoms with Gasteiger partial charge in [-0.1, -0.05) is 0 Å². The van der Waals surface area contributed by atoms with E-state index in [1.807, 2.05) is 9.80 Å². The van der Waals surface area contributed by atoms with Crippen molar-refractivity contribution in [3.05, 3.63) is 0 Å². The SMILES string of the molecule is O=C(N1CCCC1)N1CCC[C@H]1CO. The molecule has 4 heteroatoms. The molecule has 0 aromatic carbocycles. The van der Waals surface area contributed by atoms with Gasteiger partial charge in [0.1, 0.15) is 0 Å². The van der Waals surface area contributed by atoms with Crippen LogP contribution in [0, 0.1) is 0 Å². The number of amides is 2. The highest BCUT2D eigenvalue weighted by atomic mass is 16.3. The molecule has 2 aliphatic rings. The van der Waals surface area contributed by atoms with E-state index in [4.69, 9.17) is 5.11 Å². The van der Waals surface area contributed by atoms with Gasteiger partial charge in [-0.05, 0) is 25.7 Å². The lowest BCUT2D eigenvalue weighted by molar-refractivity contribution is 0.132. The third kappa shape index (κ3) is 1.71. The molecule has 0 unspecified atom stereocenters. The Morgan fingerprint density at radius 2 is 1.93 bits per heavy atom. The third-order valence-electron chi connectivity index (χ3n) is 3.21. The number of likely N-dealkylation sites (tertiary alicyclic amines) is 2. The van der Waals surface area contributed by atoms with E-state index < -0.39 is 0 Å². The molecule has 80 valence electrons. The molecule has 2 fully saturated rings. The van der Waals surface area contributed by atoms with Gasteiger partial charge in [0.05, 0.1) is 12.6 Å². The monoisotopic (exact) mass is 198 g/mol. The number of urea groups is 1. The predicted octanol–water partition coefficient (Wildman–Crippen LogP) is 0.659. The second kappa shape index (κ2) is 4.17. The number of rotatable bonds is 1. The summed E-state index contributed by atoms with van der Waals surface area (Å²) in [4.78, 5) is 15.7. The first-order valence-corrected chi connectivity index (χ1v) is 5.49. The van der Waals surface area contributed by atoms with Gasteiger partial charge in [-0.2, -0.15) is 0 Å². The summed E-state index contributed by atoms with van der Waals surface area (Å²) < 4.78 is 0. The molecule has 0 saturated carbocycles. The van der Waals surface area contributed by atoms with Gasteiger partial charge in [-0.25, -0.2) is 4.79 Å². The second-order valence-electron chi connectivity index (χ2n) is 4.15. The fourth-order valence-electron chi connectivity index (χ4n) is 2.37. The number of carbonyl (C=O) groups excluding carboxylic acids is 1. The Morgan fingerprint density at radius 3 is 2.57 bits per heavy atom. The largest absolute Gasteiger partial charge is 0.394 e. The maximum atomic E-state index is 12.0. The number of aliphatic hydroxyl groups is 1. The first-order valence-electron chi connectivity index (χ1n) is 5.49. The summed E-state index contributed by atoms with van der Waals surface area (Å²) in [6.45, 7) is 2.72. The molecule has 2 rings (SSSR count). The van der Waals surface area contributed by atoms with Gasteiger partial charge in [0.15, 0.2) is 0 Å². The topological polar surface area (TPSA) is 43.8 Å². The summed E-state index contributed by atoms with van der Waals surface area (Å²) in [5, 5.41) is 9.12. The molecule has 0 aromatic heterocycles. The Labute approximate surface area is 84.5 Å². The fraction of sp³-hybridized carbons (Fsp3) is 0.900. The molecule has 0 aromatic rings. The van der Waals surface area contributed by atoms with Crippen molar-refractivity contribution in [2.45, 2.75) is 31.7 Å². The van der Waals surface area contributed by atoms with Crippen LogP contribution in [0.5, 0.6) is 0 Å². The van der Waals surface area contributed by atoms with Gasteiger partial charge in [-0.3, -0.25) is 0 Å². The Hall–Kier alpha value is -0.770. The zero-order valence-corrected chi connectivity index (χ0v) is 8.48. The molecule has 1 N–H and O–H groups in total. The van der Waals surface area contributed by atoms with Crippen molar-refractivity contribution < 1.29 is 9.90 Å². The van der Waals surface area contributed by atoms with Gasteiger partial charge >= 0.3 is 6.03 Å². The van der Waals surface area contributed by atoms with Crippen molar-refractivity contribution in [3.8, 4) is 0 Å². The Kier molecular flexibility index (Phi) is 2.91. The summed E-state index contributed by atoms with van der Waals surface area (Å²) in [5.74, 6) is 0. The fourth-order valence-corrected chi connectivity index (χ4v) is 2.37. The van der Waals surface area contributed by atoms with E-state index in [2.05, 4.69) is 0 Å². The van der Waals surface area contributed by atoms with Gasteiger partial charge in [0.25, 0.3) is 0 Å². The van der Waals surface area contributed by atoms with Crippen LogP contribution in [0.4, 0.5) is 4.79 Å². The lowest BCUT2D eigenvalue weighted by Crippen LogP contribution is -2.45. The summed E-state index contributed by atoms with van der Waals surface area (Å²) >= 11 is 0. The van der Waals surface area contributed by atoms with Crippen molar-refractivity contribution in [1.29, 1.82) is 0 Å². The Bertz CT molecular complexity index is 214. The molecule has 2 aliphatic heterocycles. The van der Waals surface area contributed by atoms with E-state index in [1.165, 1.54) is 0 Å². The van der Waals surface area contributed by atoms with Crippen LogP contribution < -0.4 is 0 Å². The molecule has 2 heterocycles.